The van der Waals surface area contributed by atoms with E-state index in [9.17, 15) is 4.39 Å². The molecular weight excluding hydrogens is 213 g/mol. The first-order valence-electron chi connectivity index (χ1n) is 6.74. The summed E-state index contributed by atoms with van der Waals surface area (Å²) in [5.41, 5.74) is 1.15. The summed E-state index contributed by atoms with van der Waals surface area (Å²) in [6.07, 6.45) is 4.86. The van der Waals surface area contributed by atoms with Crippen molar-refractivity contribution in [1.82, 2.24) is 5.32 Å². The molecule has 1 aliphatic rings. The Labute approximate surface area is 103 Å². The van der Waals surface area contributed by atoms with Crippen molar-refractivity contribution in [2.75, 3.05) is 13.1 Å². The molecule has 1 aromatic rings. The maximum atomic E-state index is 13.1. The molecule has 0 bridgehead atoms. The molecule has 0 saturated heterocycles. The minimum absolute atomic E-state index is 0.109. The molecular formula is C15H22FN. The van der Waals surface area contributed by atoms with Gasteiger partial charge in [0.1, 0.15) is 5.82 Å². The maximum Gasteiger partial charge on any atom is 0.123 e. The van der Waals surface area contributed by atoms with Gasteiger partial charge in [-0.05, 0) is 68.3 Å². The van der Waals surface area contributed by atoms with Crippen LogP contribution in [-0.2, 0) is 6.42 Å². The first kappa shape index (κ1) is 12.6. The van der Waals surface area contributed by atoms with Gasteiger partial charge in [0.2, 0.25) is 0 Å². The van der Waals surface area contributed by atoms with Gasteiger partial charge < -0.3 is 5.32 Å². The van der Waals surface area contributed by atoms with Gasteiger partial charge in [-0.25, -0.2) is 4.39 Å². The first-order chi connectivity index (χ1) is 8.29. The van der Waals surface area contributed by atoms with E-state index in [1.165, 1.54) is 25.3 Å². The first-order valence-corrected chi connectivity index (χ1v) is 6.74. The summed E-state index contributed by atoms with van der Waals surface area (Å²) in [7, 11) is 0. The average molecular weight is 235 g/mol. The van der Waals surface area contributed by atoms with Crippen LogP contribution < -0.4 is 5.32 Å². The molecule has 1 N–H and O–H groups in total. The monoisotopic (exact) mass is 235 g/mol. The summed E-state index contributed by atoms with van der Waals surface area (Å²) < 4.78 is 13.1. The van der Waals surface area contributed by atoms with Gasteiger partial charge in [-0.1, -0.05) is 19.1 Å². The molecule has 0 aliphatic heterocycles. The summed E-state index contributed by atoms with van der Waals surface area (Å²) in [4.78, 5) is 0. The molecule has 0 amide bonds. The quantitative estimate of drug-likeness (QED) is 0.745. The molecule has 2 atom stereocenters. The molecule has 1 saturated carbocycles. The van der Waals surface area contributed by atoms with Crippen molar-refractivity contribution < 1.29 is 4.39 Å². The van der Waals surface area contributed by atoms with Gasteiger partial charge in [-0.2, -0.15) is 0 Å². The SMILES string of the molecule is CCCNCC1CCC1Cc1cccc(F)c1. The summed E-state index contributed by atoms with van der Waals surface area (Å²) in [5, 5.41) is 3.49. The predicted molar refractivity (Wildman–Crippen MR) is 69.5 cm³/mol. The van der Waals surface area contributed by atoms with Crippen LogP contribution >= 0.6 is 0 Å². The van der Waals surface area contributed by atoms with Crippen LogP contribution in [0, 0.1) is 17.7 Å². The Hall–Kier alpha value is -0.890. The van der Waals surface area contributed by atoms with E-state index in [-0.39, 0.29) is 5.82 Å². The molecule has 94 valence electrons. The lowest BCUT2D eigenvalue weighted by molar-refractivity contribution is 0.171. The lowest BCUT2D eigenvalue weighted by atomic mass is 9.70. The smallest absolute Gasteiger partial charge is 0.123 e. The van der Waals surface area contributed by atoms with Gasteiger partial charge in [0.15, 0.2) is 0 Å². The van der Waals surface area contributed by atoms with Crippen molar-refractivity contribution in [3.63, 3.8) is 0 Å². The molecule has 1 nitrogen and oxygen atoms in total. The molecule has 0 spiro atoms. The normalized spacial score (nSPS) is 23.4. The van der Waals surface area contributed by atoms with Gasteiger partial charge in [-0.15, -0.1) is 0 Å². The van der Waals surface area contributed by atoms with E-state index in [1.807, 2.05) is 12.1 Å². The Balaban J connectivity index is 1.79. The predicted octanol–water partition coefficient (Wildman–Crippen LogP) is 3.39. The zero-order chi connectivity index (χ0) is 12.1. The number of nitrogens with one attached hydrogen (secondary N) is 1. The van der Waals surface area contributed by atoms with E-state index in [4.69, 9.17) is 0 Å². The summed E-state index contributed by atoms with van der Waals surface area (Å²) in [6.45, 7) is 4.44. The highest BCUT2D eigenvalue weighted by Crippen LogP contribution is 2.36. The Bertz CT molecular complexity index is 351. The molecule has 1 fully saturated rings. The molecule has 2 unspecified atom stereocenters. The van der Waals surface area contributed by atoms with Crippen LogP contribution in [0.25, 0.3) is 0 Å². The van der Waals surface area contributed by atoms with Gasteiger partial charge in [0, 0.05) is 0 Å². The van der Waals surface area contributed by atoms with E-state index in [0.717, 1.165) is 36.9 Å². The number of hydrogen-bond donors (Lipinski definition) is 1. The summed E-state index contributed by atoms with van der Waals surface area (Å²) in [6, 6.07) is 7.05. The highest BCUT2D eigenvalue weighted by atomic mass is 19.1. The number of hydrogen-bond acceptors (Lipinski definition) is 1. The third kappa shape index (κ3) is 3.53. The fourth-order valence-corrected chi connectivity index (χ4v) is 2.61. The molecule has 2 rings (SSSR count). The van der Waals surface area contributed by atoms with Crippen molar-refractivity contribution >= 4 is 0 Å². The van der Waals surface area contributed by atoms with Crippen LogP contribution in [0.4, 0.5) is 4.39 Å². The van der Waals surface area contributed by atoms with Crippen molar-refractivity contribution in [3.05, 3.63) is 35.6 Å². The van der Waals surface area contributed by atoms with E-state index >= 15 is 0 Å². The Morgan fingerprint density at radius 1 is 1.29 bits per heavy atom. The summed E-state index contributed by atoms with van der Waals surface area (Å²) in [5.74, 6) is 1.44. The fourth-order valence-electron chi connectivity index (χ4n) is 2.61. The second-order valence-electron chi connectivity index (χ2n) is 5.14. The van der Waals surface area contributed by atoms with Crippen LogP contribution in [0.15, 0.2) is 24.3 Å². The van der Waals surface area contributed by atoms with Crippen LogP contribution in [-0.4, -0.2) is 13.1 Å². The van der Waals surface area contributed by atoms with Crippen LogP contribution in [0.2, 0.25) is 0 Å². The zero-order valence-electron chi connectivity index (χ0n) is 10.6. The standard InChI is InChI=1S/C15H22FN/c1-2-8-17-11-14-7-6-13(14)9-12-4-3-5-15(16)10-12/h3-5,10,13-14,17H,2,6-9,11H2,1H3. The molecule has 2 heteroatoms. The summed E-state index contributed by atoms with van der Waals surface area (Å²) >= 11 is 0. The molecule has 17 heavy (non-hydrogen) atoms. The third-order valence-electron chi connectivity index (χ3n) is 3.80. The highest BCUT2D eigenvalue weighted by Gasteiger charge is 2.30. The van der Waals surface area contributed by atoms with Gasteiger partial charge in [0.25, 0.3) is 0 Å². The lowest BCUT2D eigenvalue weighted by Crippen LogP contribution is -2.36. The molecule has 0 aromatic heterocycles. The van der Waals surface area contributed by atoms with Crippen LogP contribution in [0.3, 0.4) is 0 Å². The fraction of sp³-hybridized carbons (Fsp3) is 0.600. The van der Waals surface area contributed by atoms with Crippen molar-refractivity contribution in [1.29, 1.82) is 0 Å². The second-order valence-corrected chi connectivity index (χ2v) is 5.14. The molecule has 0 heterocycles. The largest absolute Gasteiger partial charge is 0.316 e. The second kappa shape index (κ2) is 6.15. The molecule has 1 aliphatic carbocycles. The Morgan fingerprint density at radius 3 is 2.76 bits per heavy atom. The molecule has 1 aromatic carbocycles. The van der Waals surface area contributed by atoms with Gasteiger partial charge in [0.05, 0.1) is 0 Å². The zero-order valence-corrected chi connectivity index (χ0v) is 10.6. The van der Waals surface area contributed by atoms with E-state index < -0.39 is 0 Å². The van der Waals surface area contributed by atoms with E-state index in [0.29, 0.717) is 0 Å². The lowest BCUT2D eigenvalue weighted by Gasteiger charge is -2.37. The maximum absolute atomic E-state index is 13.1. The topological polar surface area (TPSA) is 12.0 Å². The van der Waals surface area contributed by atoms with Crippen molar-refractivity contribution in [2.24, 2.45) is 11.8 Å². The van der Waals surface area contributed by atoms with E-state index in [2.05, 4.69) is 12.2 Å². The Kier molecular flexibility index (Phi) is 4.55. The van der Waals surface area contributed by atoms with Gasteiger partial charge in [-0.3, -0.25) is 0 Å². The number of halogens is 1. The average Bonchev–Trinajstić information content (AvgIpc) is 2.30. The third-order valence-corrected chi connectivity index (χ3v) is 3.80. The van der Waals surface area contributed by atoms with Gasteiger partial charge >= 0.3 is 0 Å². The molecule has 0 radical (unpaired) electrons. The number of rotatable bonds is 6. The van der Waals surface area contributed by atoms with Crippen LogP contribution in [0.1, 0.15) is 31.7 Å². The van der Waals surface area contributed by atoms with Crippen molar-refractivity contribution in [3.8, 4) is 0 Å². The van der Waals surface area contributed by atoms with Crippen LogP contribution in [0.5, 0.6) is 0 Å². The minimum atomic E-state index is -0.109. The number of benzene rings is 1. The highest BCUT2D eigenvalue weighted by molar-refractivity contribution is 5.17. The van der Waals surface area contributed by atoms with Crippen molar-refractivity contribution in [2.45, 2.75) is 32.6 Å². The minimum Gasteiger partial charge on any atom is -0.316 e. The Morgan fingerprint density at radius 2 is 2.12 bits per heavy atom. The van der Waals surface area contributed by atoms with E-state index in [1.54, 1.807) is 6.07 Å².